The van der Waals surface area contributed by atoms with Gasteiger partial charge >= 0.3 is 0 Å². The quantitative estimate of drug-likeness (QED) is 0.760. The van der Waals surface area contributed by atoms with Crippen LogP contribution in [0.25, 0.3) is 11.0 Å². The number of hydrogen-bond acceptors (Lipinski definition) is 3. The van der Waals surface area contributed by atoms with Crippen molar-refractivity contribution in [2.24, 2.45) is 0 Å². The third-order valence-electron chi connectivity index (χ3n) is 3.27. The Labute approximate surface area is 111 Å². The number of hydrogen-bond donors (Lipinski definition) is 1. The van der Waals surface area contributed by atoms with E-state index in [4.69, 9.17) is 4.42 Å². The van der Waals surface area contributed by atoms with Crippen LogP contribution < -0.4 is 0 Å². The van der Waals surface area contributed by atoms with Crippen LogP contribution >= 0.6 is 0 Å². The van der Waals surface area contributed by atoms with Gasteiger partial charge in [0.15, 0.2) is 0 Å². The number of para-hydroxylation sites is 1. The van der Waals surface area contributed by atoms with Gasteiger partial charge in [-0.1, -0.05) is 24.3 Å². The third kappa shape index (κ3) is 2.13. The van der Waals surface area contributed by atoms with Crippen LogP contribution in [0.2, 0.25) is 0 Å². The Kier molecular flexibility index (Phi) is 2.84. The summed E-state index contributed by atoms with van der Waals surface area (Å²) < 4.78 is 5.69. The fourth-order valence-electron chi connectivity index (χ4n) is 2.28. The maximum atomic E-state index is 10.4. The van der Waals surface area contributed by atoms with Crippen molar-refractivity contribution in [1.29, 1.82) is 0 Å². The summed E-state index contributed by atoms with van der Waals surface area (Å²) in [6.07, 6.45) is -0.777. The zero-order valence-corrected chi connectivity index (χ0v) is 10.9. The molecule has 0 amide bonds. The van der Waals surface area contributed by atoms with Crippen LogP contribution in [0.3, 0.4) is 0 Å². The zero-order chi connectivity index (χ0) is 13.4. The summed E-state index contributed by atoms with van der Waals surface area (Å²) in [5.74, 6) is 0.551. The molecular formula is C16H15NO2. The Morgan fingerprint density at radius 3 is 2.63 bits per heavy atom. The number of aromatic nitrogens is 1. The molecule has 0 radical (unpaired) electrons. The number of fused-ring (bicyclic) bond motifs is 1. The van der Waals surface area contributed by atoms with Gasteiger partial charge in [0.1, 0.15) is 17.4 Å². The van der Waals surface area contributed by atoms with E-state index in [9.17, 15) is 5.11 Å². The molecule has 0 saturated heterocycles. The monoisotopic (exact) mass is 253 g/mol. The number of aryl methyl sites for hydroxylation is 2. The van der Waals surface area contributed by atoms with E-state index in [0.717, 1.165) is 27.9 Å². The molecule has 96 valence electrons. The van der Waals surface area contributed by atoms with Crippen LogP contribution in [0.15, 0.2) is 46.9 Å². The minimum Gasteiger partial charge on any atom is -0.458 e. The molecule has 3 rings (SSSR count). The van der Waals surface area contributed by atoms with Gasteiger partial charge in [-0.05, 0) is 32.0 Å². The molecule has 0 spiro atoms. The SMILES string of the molecule is Cc1ccc(C(O)c2cc3ccccc3o2)c(C)n1. The number of pyridine rings is 1. The molecule has 2 heterocycles. The van der Waals surface area contributed by atoms with E-state index in [1.165, 1.54) is 0 Å². The molecule has 1 aromatic carbocycles. The minimum atomic E-state index is -0.777. The van der Waals surface area contributed by atoms with Crippen LogP contribution in [0.4, 0.5) is 0 Å². The second-order valence-corrected chi connectivity index (χ2v) is 4.72. The summed E-state index contributed by atoms with van der Waals surface area (Å²) in [6.45, 7) is 3.83. The fraction of sp³-hybridized carbons (Fsp3) is 0.188. The van der Waals surface area contributed by atoms with Crippen molar-refractivity contribution in [2.75, 3.05) is 0 Å². The van der Waals surface area contributed by atoms with Crippen LogP contribution in [0.5, 0.6) is 0 Å². The largest absolute Gasteiger partial charge is 0.458 e. The van der Waals surface area contributed by atoms with E-state index in [-0.39, 0.29) is 0 Å². The summed E-state index contributed by atoms with van der Waals surface area (Å²) in [6, 6.07) is 13.4. The molecule has 0 saturated carbocycles. The minimum absolute atomic E-state index is 0.551. The highest BCUT2D eigenvalue weighted by Crippen LogP contribution is 2.29. The first-order valence-corrected chi connectivity index (χ1v) is 6.26. The van der Waals surface area contributed by atoms with Crippen molar-refractivity contribution in [3.8, 4) is 0 Å². The smallest absolute Gasteiger partial charge is 0.138 e. The summed E-state index contributed by atoms with van der Waals surface area (Å²) in [7, 11) is 0. The topological polar surface area (TPSA) is 46.3 Å². The molecule has 0 bridgehead atoms. The molecular weight excluding hydrogens is 238 g/mol. The number of rotatable bonds is 2. The Morgan fingerprint density at radius 2 is 1.89 bits per heavy atom. The predicted octanol–water partition coefficient (Wildman–Crippen LogP) is 3.53. The first-order valence-electron chi connectivity index (χ1n) is 6.26. The first-order chi connectivity index (χ1) is 9.15. The Hall–Kier alpha value is -2.13. The number of nitrogens with zero attached hydrogens (tertiary/aromatic N) is 1. The van der Waals surface area contributed by atoms with Crippen molar-refractivity contribution >= 4 is 11.0 Å². The van der Waals surface area contributed by atoms with E-state index in [1.807, 2.05) is 56.3 Å². The maximum absolute atomic E-state index is 10.4. The second kappa shape index (κ2) is 4.52. The molecule has 19 heavy (non-hydrogen) atoms. The van der Waals surface area contributed by atoms with E-state index in [2.05, 4.69) is 4.98 Å². The molecule has 1 unspecified atom stereocenters. The Morgan fingerprint density at radius 1 is 1.11 bits per heavy atom. The Bertz CT molecular complexity index is 697. The fourth-order valence-corrected chi connectivity index (χ4v) is 2.28. The van der Waals surface area contributed by atoms with Crippen LogP contribution in [0, 0.1) is 13.8 Å². The highest BCUT2D eigenvalue weighted by Gasteiger charge is 2.18. The normalized spacial score (nSPS) is 12.8. The standard InChI is InChI=1S/C16H15NO2/c1-10-7-8-13(11(2)17-10)16(18)15-9-12-5-3-4-6-14(12)19-15/h3-9,16,18H,1-2H3. The van der Waals surface area contributed by atoms with Gasteiger partial charge < -0.3 is 9.52 Å². The molecule has 3 heteroatoms. The van der Waals surface area contributed by atoms with E-state index in [1.54, 1.807) is 0 Å². The summed E-state index contributed by atoms with van der Waals surface area (Å²) in [5.41, 5.74) is 3.34. The lowest BCUT2D eigenvalue weighted by Gasteiger charge is -2.11. The zero-order valence-electron chi connectivity index (χ0n) is 10.9. The van der Waals surface area contributed by atoms with Gasteiger partial charge in [0.2, 0.25) is 0 Å². The van der Waals surface area contributed by atoms with Crippen molar-refractivity contribution in [1.82, 2.24) is 4.98 Å². The van der Waals surface area contributed by atoms with Crippen molar-refractivity contribution in [2.45, 2.75) is 20.0 Å². The molecule has 0 aliphatic rings. The van der Waals surface area contributed by atoms with Crippen molar-refractivity contribution < 1.29 is 9.52 Å². The van der Waals surface area contributed by atoms with Gasteiger partial charge in [-0.15, -0.1) is 0 Å². The van der Waals surface area contributed by atoms with Crippen LogP contribution in [0.1, 0.15) is 28.8 Å². The molecule has 3 nitrogen and oxygen atoms in total. The van der Waals surface area contributed by atoms with E-state index in [0.29, 0.717) is 5.76 Å². The molecule has 0 fully saturated rings. The third-order valence-corrected chi connectivity index (χ3v) is 3.27. The van der Waals surface area contributed by atoms with Gasteiger partial charge in [-0.25, -0.2) is 0 Å². The average Bonchev–Trinajstić information content (AvgIpc) is 2.81. The second-order valence-electron chi connectivity index (χ2n) is 4.72. The molecule has 0 aliphatic carbocycles. The lowest BCUT2D eigenvalue weighted by Crippen LogP contribution is -2.03. The number of furan rings is 1. The molecule has 1 N–H and O–H groups in total. The van der Waals surface area contributed by atoms with Gasteiger partial charge in [0.25, 0.3) is 0 Å². The lowest BCUT2D eigenvalue weighted by atomic mass is 10.1. The van der Waals surface area contributed by atoms with Crippen molar-refractivity contribution in [3.63, 3.8) is 0 Å². The highest BCUT2D eigenvalue weighted by molar-refractivity contribution is 5.77. The number of aliphatic hydroxyl groups is 1. The molecule has 2 aromatic heterocycles. The predicted molar refractivity (Wildman–Crippen MR) is 74.0 cm³/mol. The highest BCUT2D eigenvalue weighted by atomic mass is 16.4. The average molecular weight is 253 g/mol. The van der Waals surface area contributed by atoms with E-state index >= 15 is 0 Å². The van der Waals surface area contributed by atoms with Gasteiger partial charge in [-0.3, -0.25) is 4.98 Å². The molecule has 3 aromatic rings. The van der Waals surface area contributed by atoms with Gasteiger partial charge in [0.05, 0.1) is 0 Å². The van der Waals surface area contributed by atoms with E-state index < -0.39 is 6.10 Å². The summed E-state index contributed by atoms with van der Waals surface area (Å²) >= 11 is 0. The Balaban J connectivity index is 2.05. The summed E-state index contributed by atoms with van der Waals surface area (Å²) in [4.78, 5) is 4.37. The van der Waals surface area contributed by atoms with Gasteiger partial charge in [-0.2, -0.15) is 0 Å². The number of aliphatic hydroxyl groups excluding tert-OH is 1. The van der Waals surface area contributed by atoms with Crippen LogP contribution in [-0.2, 0) is 0 Å². The number of benzene rings is 1. The summed E-state index contributed by atoms with van der Waals surface area (Å²) in [5, 5.41) is 11.4. The van der Waals surface area contributed by atoms with Crippen molar-refractivity contribution in [3.05, 3.63) is 65.2 Å². The van der Waals surface area contributed by atoms with Gasteiger partial charge in [0, 0.05) is 22.3 Å². The molecule has 0 aliphatic heterocycles. The van der Waals surface area contributed by atoms with Crippen LogP contribution in [-0.4, -0.2) is 10.1 Å². The maximum Gasteiger partial charge on any atom is 0.138 e. The first kappa shape index (κ1) is 11.9. The molecule has 1 atom stereocenters. The lowest BCUT2D eigenvalue weighted by molar-refractivity contribution is 0.191.